The molecule has 26 heavy (non-hydrogen) atoms. The van der Waals surface area contributed by atoms with Crippen molar-refractivity contribution in [2.75, 3.05) is 39.4 Å². The first-order valence-electron chi connectivity index (χ1n) is 9.46. The van der Waals surface area contributed by atoms with Crippen molar-refractivity contribution in [2.45, 2.75) is 26.7 Å². The van der Waals surface area contributed by atoms with Gasteiger partial charge in [0.25, 0.3) is 0 Å². The molecule has 2 amide bonds. The fourth-order valence-electron chi connectivity index (χ4n) is 4.13. The van der Waals surface area contributed by atoms with Crippen molar-refractivity contribution in [3.05, 3.63) is 28.5 Å². The Balaban J connectivity index is 1.63. The Morgan fingerprint density at radius 1 is 1.38 bits per heavy atom. The highest BCUT2D eigenvalue weighted by Crippen LogP contribution is 2.45. The summed E-state index contributed by atoms with van der Waals surface area (Å²) in [6, 6.07) is 3.98. The monoisotopic (exact) mass is 376 g/mol. The van der Waals surface area contributed by atoms with Crippen LogP contribution in [0, 0.1) is 11.3 Å². The lowest BCUT2D eigenvalue weighted by Gasteiger charge is -2.41. The molecule has 0 radical (unpaired) electrons. The number of rotatable bonds is 6. The predicted octanol–water partition coefficient (Wildman–Crippen LogP) is 2.88. The maximum absolute atomic E-state index is 12.7. The molecule has 1 atom stereocenters. The van der Waals surface area contributed by atoms with Gasteiger partial charge in [-0.05, 0) is 44.2 Å². The first-order valence-corrected chi connectivity index (χ1v) is 10.3. The molecule has 142 valence electrons. The topological polar surface area (TPSA) is 49.9 Å². The van der Waals surface area contributed by atoms with Gasteiger partial charge in [0.1, 0.15) is 0 Å². The van der Waals surface area contributed by atoms with Crippen molar-refractivity contribution < 1.29 is 14.3 Å². The average molecular weight is 377 g/mol. The van der Waals surface area contributed by atoms with E-state index in [1.54, 1.807) is 17.4 Å². The fraction of sp³-hybridized carbons (Fsp3) is 0.600. The van der Waals surface area contributed by atoms with Gasteiger partial charge < -0.3 is 14.5 Å². The second-order valence-electron chi connectivity index (χ2n) is 7.10. The highest BCUT2D eigenvalue weighted by molar-refractivity contribution is 7.10. The first-order chi connectivity index (χ1) is 12.6. The Labute approximate surface area is 159 Å². The predicted molar refractivity (Wildman–Crippen MR) is 104 cm³/mol. The van der Waals surface area contributed by atoms with Crippen LogP contribution in [0.25, 0.3) is 6.08 Å². The van der Waals surface area contributed by atoms with Gasteiger partial charge in [0.2, 0.25) is 11.8 Å². The zero-order chi connectivity index (χ0) is 18.6. The molecule has 5 nitrogen and oxygen atoms in total. The third-order valence-electron chi connectivity index (χ3n) is 5.73. The van der Waals surface area contributed by atoms with E-state index in [0.717, 1.165) is 30.8 Å². The van der Waals surface area contributed by atoms with Gasteiger partial charge in [0, 0.05) is 49.2 Å². The summed E-state index contributed by atoms with van der Waals surface area (Å²) in [5.74, 6) is 0.214. The van der Waals surface area contributed by atoms with Gasteiger partial charge in [0.15, 0.2) is 0 Å². The number of thiophene rings is 1. The van der Waals surface area contributed by atoms with Crippen molar-refractivity contribution in [3.63, 3.8) is 0 Å². The molecule has 3 rings (SSSR count). The Bertz CT molecular complexity index is 648. The summed E-state index contributed by atoms with van der Waals surface area (Å²) in [7, 11) is 0. The average Bonchev–Trinajstić information content (AvgIpc) is 3.26. The number of carbonyl (C=O) groups is 2. The molecule has 2 aliphatic rings. The van der Waals surface area contributed by atoms with Gasteiger partial charge in [-0.2, -0.15) is 0 Å². The molecule has 1 unspecified atom stereocenters. The van der Waals surface area contributed by atoms with Gasteiger partial charge in [0.05, 0.1) is 12.5 Å². The van der Waals surface area contributed by atoms with Crippen molar-refractivity contribution in [1.29, 1.82) is 0 Å². The summed E-state index contributed by atoms with van der Waals surface area (Å²) in [4.78, 5) is 30.1. The van der Waals surface area contributed by atoms with Crippen LogP contribution in [-0.4, -0.2) is 61.0 Å². The lowest BCUT2D eigenvalue weighted by atomic mass is 9.71. The van der Waals surface area contributed by atoms with E-state index in [-0.39, 0.29) is 23.1 Å². The lowest BCUT2D eigenvalue weighted by Crippen LogP contribution is -2.47. The number of piperidine rings is 1. The van der Waals surface area contributed by atoms with Crippen LogP contribution in [0.15, 0.2) is 23.6 Å². The minimum Gasteiger partial charge on any atom is -0.381 e. The molecule has 2 fully saturated rings. The van der Waals surface area contributed by atoms with E-state index in [4.69, 9.17) is 4.74 Å². The molecule has 0 aliphatic carbocycles. The Kier molecular flexibility index (Phi) is 6.14. The summed E-state index contributed by atoms with van der Waals surface area (Å²) >= 11 is 1.62. The van der Waals surface area contributed by atoms with Gasteiger partial charge in [-0.15, -0.1) is 11.3 Å². The van der Waals surface area contributed by atoms with Crippen LogP contribution < -0.4 is 0 Å². The molecule has 0 N–H and O–H groups in total. The minimum absolute atomic E-state index is 0.0451. The molecule has 1 aromatic rings. The molecule has 2 saturated heterocycles. The van der Waals surface area contributed by atoms with Crippen molar-refractivity contribution in [1.82, 2.24) is 9.80 Å². The number of likely N-dealkylation sites (tertiary alicyclic amines) is 2. The van der Waals surface area contributed by atoms with Gasteiger partial charge in [-0.3, -0.25) is 9.59 Å². The SMILES string of the molecule is CCOCC1C(=O)N(CC)CC12CCN(C(=O)/C=C/c1cccs1)CC2. The molecule has 0 saturated carbocycles. The highest BCUT2D eigenvalue weighted by Gasteiger charge is 2.52. The maximum atomic E-state index is 12.7. The number of amides is 2. The zero-order valence-electron chi connectivity index (χ0n) is 15.6. The lowest BCUT2D eigenvalue weighted by molar-refractivity contribution is -0.134. The Morgan fingerprint density at radius 3 is 2.77 bits per heavy atom. The molecule has 2 aliphatic heterocycles. The highest BCUT2D eigenvalue weighted by atomic mass is 32.1. The van der Waals surface area contributed by atoms with Gasteiger partial charge in [-0.1, -0.05) is 6.07 Å². The molecule has 1 aromatic heterocycles. The number of hydrogen-bond acceptors (Lipinski definition) is 4. The molecule has 1 spiro atoms. The molecular formula is C20H28N2O3S. The minimum atomic E-state index is -0.0682. The second kappa shape index (κ2) is 8.35. The molecule has 6 heteroatoms. The summed E-state index contributed by atoms with van der Waals surface area (Å²) in [6.07, 6.45) is 5.28. The van der Waals surface area contributed by atoms with Gasteiger partial charge >= 0.3 is 0 Å². The Morgan fingerprint density at radius 2 is 2.15 bits per heavy atom. The number of hydrogen-bond donors (Lipinski definition) is 0. The summed E-state index contributed by atoms with van der Waals surface area (Å²) in [5, 5.41) is 2.00. The zero-order valence-corrected chi connectivity index (χ0v) is 16.5. The van der Waals surface area contributed by atoms with E-state index in [9.17, 15) is 9.59 Å². The second-order valence-corrected chi connectivity index (χ2v) is 8.08. The third kappa shape index (κ3) is 3.86. The van der Waals surface area contributed by atoms with E-state index in [2.05, 4.69) is 0 Å². The Hall–Kier alpha value is -1.66. The van der Waals surface area contributed by atoms with Crippen molar-refractivity contribution >= 4 is 29.2 Å². The summed E-state index contributed by atoms with van der Waals surface area (Å²) in [5.41, 5.74) is -0.0451. The number of ether oxygens (including phenoxy) is 1. The summed E-state index contributed by atoms with van der Waals surface area (Å²) < 4.78 is 5.62. The third-order valence-corrected chi connectivity index (χ3v) is 6.57. The summed E-state index contributed by atoms with van der Waals surface area (Å²) in [6.45, 7) is 8.08. The van der Waals surface area contributed by atoms with Crippen LogP contribution in [0.4, 0.5) is 0 Å². The molecular weight excluding hydrogens is 348 g/mol. The van der Waals surface area contributed by atoms with Crippen LogP contribution in [0.2, 0.25) is 0 Å². The smallest absolute Gasteiger partial charge is 0.246 e. The van der Waals surface area contributed by atoms with Crippen LogP contribution in [0.1, 0.15) is 31.6 Å². The van der Waals surface area contributed by atoms with Crippen LogP contribution in [-0.2, 0) is 14.3 Å². The number of carbonyl (C=O) groups excluding carboxylic acids is 2. The maximum Gasteiger partial charge on any atom is 0.246 e. The van der Waals surface area contributed by atoms with Crippen molar-refractivity contribution in [2.24, 2.45) is 11.3 Å². The standard InChI is InChI=1S/C20H28N2O3S/c1-3-21-15-20(17(19(21)24)14-25-4-2)9-11-22(12-10-20)18(23)8-7-16-6-5-13-26-16/h5-8,13,17H,3-4,9-12,14-15H2,1-2H3/b8-7+. The van der Waals surface area contributed by atoms with Crippen LogP contribution >= 0.6 is 11.3 Å². The molecule has 0 aromatic carbocycles. The molecule has 3 heterocycles. The number of nitrogens with zero attached hydrogens (tertiary/aromatic N) is 2. The van der Waals surface area contributed by atoms with Crippen LogP contribution in [0.3, 0.4) is 0 Å². The van der Waals surface area contributed by atoms with Gasteiger partial charge in [-0.25, -0.2) is 0 Å². The van der Waals surface area contributed by atoms with E-state index >= 15 is 0 Å². The van der Waals surface area contributed by atoms with E-state index in [0.29, 0.717) is 26.3 Å². The largest absolute Gasteiger partial charge is 0.381 e. The van der Waals surface area contributed by atoms with E-state index in [1.165, 1.54) is 0 Å². The first kappa shape index (κ1) is 19.1. The van der Waals surface area contributed by atoms with E-state index < -0.39 is 0 Å². The van der Waals surface area contributed by atoms with Crippen LogP contribution in [0.5, 0.6) is 0 Å². The van der Waals surface area contributed by atoms with E-state index in [1.807, 2.05) is 47.2 Å². The fourth-order valence-corrected chi connectivity index (χ4v) is 4.74. The molecule has 0 bridgehead atoms. The normalized spacial score (nSPS) is 22.7. The van der Waals surface area contributed by atoms with Crippen molar-refractivity contribution in [3.8, 4) is 0 Å². The quantitative estimate of drug-likeness (QED) is 0.718.